The summed E-state index contributed by atoms with van der Waals surface area (Å²) >= 11 is 6.51. The predicted molar refractivity (Wildman–Crippen MR) is 113 cm³/mol. The average Bonchev–Trinajstić information content (AvgIpc) is 3.24. The Morgan fingerprint density at radius 1 is 1.34 bits per heavy atom. The Labute approximate surface area is 176 Å². The zero-order valence-corrected chi connectivity index (χ0v) is 17.6. The van der Waals surface area contributed by atoms with Crippen LogP contribution in [0.5, 0.6) is 5.75 Å². The number of nitrogens with zero attached hydrogens (tertiary/aromatic N) is 3. The molecule has 4 atom stereocenters. The molecule has 156 valence electrons. The van der Waals surface area contributed by atoms with Crippen molar-refractivity contribution in [1.82, 2.24) is 15.0 Å². The van der Waals surface area contributed by atoms with Gasteiger partial charge >= 0.3 is 0 Å². The molecular weight excluding hydrogens is 390 g/mol. The average molecular weight is 418 g/mol. The monoisotopic (exact) mass is 417 g/mol. The van der Waals surface area contributed by atoms with E-state index in [1.165, 1.54) is 0 Å². The highest BCUT2D eigenvalue weighted by atomic mass is 35.5. The number of aromatic nitrogens is 3. The van der Waals surface area contributed by atoms with E-state index in [0.29, 0.717) is 29.2 Å². The number of anilines is 2. The zero-order valence-electron chi connectivity index (χ0n) is 16.9. The Bertz CT molecular complexity index is 894. The van der Waals surface area contributed by atoms with Gasteiger partial charge in [0.1, 0.15) is 22.8 Å². The number of nitrogens with two attached hydrogens (primary N) is 1. The molecule has 1 unspecified atom stereocenters. The molecule has 0 spiro atoms. The first-order valence-corrected chi connectivity index (χ1v) is 10.7. The van der Waals surface area contributed by atoms with Crippen LogP contribution in [0.4, 0.5) is 11.8 Å². The normalized spacial score (nSPS) is 25.7. The number of aryl methyl sites for hydroxylation is 1. The van der Waals surface area contributed by atoms with Crippen LogP contribution in [0, 0.1) is 11.8 Å². The number of ether oxygens (including phenoxy) is 1. The number of rotatable bonds is 6. The summed E-state index contributed by atoms with van der Waals surface area (Å²) in [6, 6.07) is 2.31. The minimum atomic E-state index is -0.287. The summed E-state index contributed by atoms with van der Waals surface area (Å²) in [5.41, 5.74) is 8.82. The van der Waals surface area contributed by atoms with Crippen molar-refractivity contribution in [3.8, 4) is 5.75 Å². The Morgan fingerprint density at radius 3 is 2.90 bits per heavy atom. The first kappa shape index (κ1) is 20.2. The molecule has 0 aromatic carbocycles. The lowest BCUT2D eigenvalue weighted by atomic mass is 10.0. The number of fused-ring (bicyclic) bond motifs is 1. The molecule has 2 aromatic rings. The summed E-state index contributed by atoms with van der Waals surface area (Å²) in [6.07, 6.45) is 6.06. The van der Waals surface area contributed by atoms with Gasteiger partial charge in [0, 0.05) is 30.3 Å². The summed E-state index contributed by atoms with van der Waals surface area (Å²) in [7, 11) is 0. The Balaban J connectivity index is 1.61. The third-order valence-electron chi connectivity index (χ3n) is 5.98. The topological polar surface area (TPSA) is 106 Å². The Hall–Kier alpha value is -2.12. The van der Waals surface area contributed by atoms with Crippen LogP contribution in [0.1, 0.15) is 56.0 Å². The van der Waals surface area contributed by atoms with Gasteiger partial charge in [-0.25, -0.2) is 4.98 Å². The number of halogens is 1. The molecule has 7 nitrogen and oxygen atoms in total. The van der Waals surface area contributed by atoms with E-state index >= 15 is 0 Å². The second-order valence-electron chi connectivity index (χ2n) is 8.23. The summed E-state index contributed by atoms with van der Waals surface area (Å²) in [4.78, 5) is 13.1. The third kappa shape index (κ3) is 4.12. The minimum Gasteiger partial charge on any atom is -0.483 e. The van der Waals surface area contributed by atoms with Crippen molar-refractivity contribution in [3.63, 3.8) is 0 Å². The minimum absolute atomic E-state index is 0.132. The number of hydrogen-bond donors (Lipinski definition) is 3. The van der Waals surface area contributed by atoms with Gasteiger partial charge < -0.3 is 20.9 Å². The fourth-order valence-corrected chi connectivity index (χ4v) is 4.80. The van der Waals surface area contributed by atoms with Crippen molar-refractivity contribution in [1.29, 1.82) is 0 Å². The number of nitrogens with one attached hydrogen (secondary N) is 1. The largest absolute Gasteiger partial charge is 0.483 e. The lowest BCUT2D eigenvalue weighted by Crippen LogP contribution is -2.25. The molecule has 8 heteroatoms. The van der Waals surface area contributed by atoms with Gasteiger partial charge in [0.05, 0.1) is 11.8 Å². The number of nitrogen functional groups attached to an aromatic ring is 1. The maximum atomic E-state index is 9.52. The van der Waals surface area contributed by atoms with Crippen molar-refractivity contribution >= 4 is 23.4 Å². The van der Waals surface area contributed by atoms with Crippen LogP contribution in [0.3, 0.4) is 0 Å². The lowest BCUT2D eigenvalue weighted by Gasteiger charge is -2.22. The van der Waals surface area contributed by atoms with E-state index in [-0.39, 0.29) is 24.7 Å². The molecule has 29 heavy (non-hydrogen) atoms. The van der Waals surface area contributed by atoms with Crippen LogP contribution in [-0.4, -0.2) is 32.7 Å². The fourth-order valence-electron chi connectivity index (χ4n) is 4.51. The number of aliphatic hydroxyl groups is 1. The molecule has 4 rings (SSSR count). The standard InChI is InChI=1S/C21H28ClN5O2/c1-3-4-14-7-13-8-16(29-17(13)9-24-14)18-19(22)26-21(23)27-20(18)25-15-6-12(10-28)5-11(15)2/h7,9,11-12,15-16,28H,3-6,8,10H2,1-2H3,(H3,23,25,26,27)/t11-,12-,15-,16?/m1/s1. The molecule has 0 bridgehead atoms. The van der Waals surface area contributed by atoms with E-state index in [1.807, 2.05) is 0 Å². The second kappa shape index (κ2) is 8.32. The highest BCUT2D eigenvalue weighted by Gasteiger charge is 2.35. The van der Waals surface area contributed by atoms with Crippen LogP contribution in [0.15, 0.2) is 12.3 Å². The maximum Gasteiger partial charge on any atom is 0.223 e. The van der Waals surface area contributed by atoms with E-state index in [0.717, 1.165) is 48.3 Å². The molecule has 0 saturated heterocycles. The van der Waals surface area contributed by atoms with E-state index < -0.39 is 0 Å². The van der Waals surface area contributed by atoms with Crippen LogP contribution in [0.2, 0.25) is 5.15 Å². The molecule has 1 saturated carbocycles. The highest BCUT2D eigenvalue weighted by Crippen LogP contribution is 2.42. The molecule has 3 heterocycles. The zero-order chi connectivity index (χ0) is 20.5. The maximum absolute atomic E-state index is 9.52. The smallest absolute Gasteiger partial charge is 0.223 e. The molecule has 1 aliphatic carbocycles. The molecule has 2 aliphatic rings. The van der Waals surface area contributed by atoms with Crippen molar-refractivity contribution in [2.45, 2.75) is 58.1 Å². The molecule has 2 aromatic heterocycles. The SMILES string of the molecule is CCCc1cc2c(cn1)OC(c1c(Cl)nc(N)nc1N[C@@H]1C[C@H](CO)C[C@H]1C)C2. The third-order valence-corrected chi connectivity index (χ3v) is 6.27. The second-order valence-corrected chi connectivity index (χ2v) is 8.59. The van der Waals surface area contributed by atoms with E-state index in [1.54, 1.807) is 6.20 Å². The molecule has 0 radical (unpaired) electrons. The van der Waals surface area contributed by atoms with Crippen LogP contribution >= 0.6 is 11.6 Å². The van der Waals surface area contributed by atoms with Gasteiger partial charge in [-0.3, -0.25) is 4.98 Å². The fraction of sp³-hybridized carbons (Fsp3) is 0.571. The van der Waals surface area contributed by atoms with Crippen molar-refractivity contribution in [3.05, 3.63) is 34.2 Å². The number of hydrogen-bond acceptors (Lipinski definition) is 7. The van der Waals surface area contributed by atoms with Crippen LogP contribution < -0.4 is 15.8 Å². The van der Waals surface area contributed by atoms with Gasteiger partial charge in [-0.1, -0.05) is 31.9 Å². The van der Waals surface area contributed by atoms with Gasteiger partial charge in [-0.05, 0) is 37.2 Å². The Morgan fingerprint density at radius 2 is 2.17 bits per heavy atom. The quantitative estimate of drug-likeness (QED) is 0.617. The molecule has 1 fully saturated rings. The first-order chi connectivity index (χ1) is 14.0. The molecular formula is C21H28ClN5O2. The number of pyridine rings is 1. The van der Waals surface area contributed by atoms with Crippen molar-refractivity contribution < 1.29 is 9.84 Å². The van der Waals surface area contributed by atoms with Gasteiger partial charge in [0.15, 0.2) is 0 Å². The summed E-state index contributed by atoms with van der Waals surface area (Å²) < 4.78 is 6.17. The number of aliphatic hydroxyl groups excluding tert-OH is 1. The van der Waals surface area contributed by atoms with Crippen LogP contribution in [-0.2, 0) is 12.8 Å². The Kier molecular flexibility index (Phi) is 5.79. The summed E-state index contributed by atoms with van der Waals surface area (Å²) in [6.45, 7) is 4.53. The van der Waals surface area contributed by atoms with Gasteiger partial charge in [-0.2, -0.15) is 4.98 Å². The molecule has 1 aliphatic heterocycles. The summed E-state index contributed by atoms with van der Waals surface area (Å²) in [5.74, 6) is 2.25. The van der Waals surface area contributed by atoms with Gasteiger partial charge in [0.25, 0.3) is 0 Å². The summed E-state index contributed by atoms with van der Waals surface area (Å²) in [5, 5.41) is 13.4. The predicted octanol–water partition coefficient (Wildman–Crippen LogP) is 3.55. The van der Waals surface area contributed by atoms with E-state index in [2.05, 4.69) is 40.2 Å². The van der Waals surface area contributed by atoms with Crippen LogP contribution in [0.25, 0.3) is 0 Å². The van der Waals surface area contributed by atoms with E-state index in [9.17, 15) is 5.11 Å². The van der Waals surface area contributed by atoms with E-state index in [4.69, 9.17) is 22.1 Å². The first-order valence-electron chi connectivity index (χ1n) is 10.3. The lowest BCUT2D eigenvalue weighted by molar-refractivity contribution is 0.226. The van der Waals surface area contributed by atoms with Crippen molar-refractivity contribution in [2.75, 3.05) is 17.7 Å². The molecule has 0 amide bonds. The van der Waals surface area contributed by atoms with Crippen molar-refractivity contribution in [2.24, 2.45) is 11.8 Å². The molecule has 4 N–H and O–H groups in total. The van der Waals surface area contributed by atoms with Gasteiger partial charge in [0.2, 0.25) is 5.95 Å². The van der Waals surface area contributed by atoms with Gasteiger partial charge in [-0.15, -0.1) is 0 Å². The highest BCUT2D eigenvalue weighted by molar-refractivity contribution is 6.30.